The Morgan fingerprint density at radius 1 is 1.06 bits per heavy atom. The predicted octanol–water partition coefficient (Wildman–Crippen LogP) is 2.91. The molecule has 17 heavy (non-hydrogen) atoms. The van der Waals surface area contributed by atoms with Crippen molar-refractivity contribution >= 4 is 5.78 Å². The van der Waals surface area contributed by atoms with Crippen LogP contribution in [0.4, 0.5) is 8.78 Å². The summed E-state index contributed by atoms with van der Waals surface area (Å²) in [6, 6.07) is 5.17. The Kier molecular flexibility index (Phi) is 3.32. The number of benzene rings is 1. The van der Waals surface area contributed by atoms with Crippen LogP contribution in [0.25, 0.3) is 0 Å². The van der Waals surface area contributed by atoms with Crippen molar-refractivity contribution in [2.45, 2.75) is 12.8 Å². The SMILES string of the molecule is O=C(Cc1ccoc1)Cc1ccc(F)c(F)c1. The minimum Gasteiger partial charge on any atom is -0.472 e. The van der Waals surface area contributed by atoms with Gasteiger partial charge in [0.2, 0.25) is 0 Å². The van der Waals surface area contributed by atoms with E-state index in [2.05, 4.69) is 0 Å². The molecule has 4 heteroatoms. The molecule has 1 aromatic carbocycles. The van der Waals surface area contributed by atoms with Gasteiger partial charge in [-0.05, 0) is 29.3 Å². The summed E-state index contributed by atoms with van der Waals surface area (Å²) >= 11 is 0. The molecular formula is C13H10F2O2. The highest BCUT2D eigenvalue weighted by Crippen LogP contribution is 2.11. The van der Waals surface area contributed by atoms with Gasteiger partial charge < -0.3 is 4.42 Å². The van der Waals surface area contributed by atoms with Gasteiger partial charge in [-0.25, -0.2) is 8.78 Å². The highest BCUT2D eigenvalue weighted by Gasteiger charge is 2.08. The molecule has 0 unspecified atom stereocenters. The van der Waals surface area contributed by atoms with Crippen LogP contribution in [0.2, 0.25) is 0 Å². The number of halogens is 2. The lowest BCUT2D eigenvalue weighted by Gasteiger charge is -2.01. The van der Waals surface area contributed by atoms with Crippen LogP contribution in [0.1, 0.15) is 11.1 Å². The van der Waals surface area contributed by atoms with E-state index in [1.54, 1.807) is 6.07 Å². The molecule has 0 aliphatic carbocycles. The normalized spacial score (nSPS) is 10.5. The molecule has 2 nitrogen and oxygen atoms in total. The fraction of sp³-hybridized carbons (Fsp3) is 0.154. The van der Waals surface area contributed by atoms with E-state index in [0.29, 0.717) is 5.56 Å². The molecule has 0 aliphatic heterocycles. The van der Waals surface area contributed by atoms with Gasteiger partial charge in [0.1, 0.15) is 5.78 Å². The van der Waals surface area contributed by atoms with Gasteiger partial charge in [0.25, 0.3) is 0 Å². The quantitative estimate of drug-likeness (QED) is 0.817. The van der Waals surface area contributed by atoms with Crippen molar-refractivity contribution in [1.82, 2.24) is 0 Å². The van der Waals surface area contributed by atoms with E-state index >= 15 is 0 Å². The van der Waals surface area contributed by atoms with Gasteiger partial charge in [-0.15, -0.1) is 0 Å². The Hall–Kier alpha value is -1.97. The standard InChI is InChI=1S/C13H10F2O2/c14-12-2-1-9(7-13(12)15)5-11(16)6-10-3-4-17-8-10/h1-4,7-8H,5-6H2. The van der Waals surface area contributed by atoms with Crippen molar-refractivity contribution in [1.29, 1.82) is 0 Å². The number of hydrogen-bond donors (Lipinski definition) is 0. The Morgan fingerprint density at radius 3 is 2.47 bits per heavy atom. The van der Waals surface area contributed by atoms with Crippen LogP contribution in [-0.2, 0) is 17.6 Å². The summed E-state index contributed by atoms with van der Waals surface area (Å²) in [6.45, 7) is 0. The molecule has 0 amide bonds. The van der Waals surface area contributed by atoms with Crippen molar-refractivity contribution < 1.29 is 18.0 Å². The first-order valence-corrected chi connectivity index (χ1v) is 5.12. The van der Waals surface area contributed by atoms with E-state index in [1.165, 1.54) is 18.6 Å². The summed E-state index contributed by atoms with van der Waals surface area (Å²) < 4.78 is 30.4. The van der Waals surface area contributed by atoms with Gasteiger partial charge in [0.15, 0.2) is 11.6 Å². The van der Waals surface area contributed by atoms with Crippen LogP contribution >= 0.6 is 0 Å². The zero-order valence-corrected chi connectivity index (χ0v) is 8.95. The molecule has 0 N–H and O–H groups in total. The minimum absolute atomic E-state index is 0.0718. The average Bonchev–Trinajstić information content (AvgIpc) is 2.76. The maximum Gasteiger partial charge on any atom is 0.159 e. The second kappa shape index (κ2) is 4.91. The number of ketones is 1. The molecule has 2 aromatic rings. The monoisotopic (exact) mass is 236 g/mol. The molecule has 0 bridgehead atoms. The first-order valence-electron chi connectivity index (χ1n) is 5.12. The molecule has 1 heterocycles. The first kappa shape index (κ1) is 11.5. The summed E-state index contributed by atoms with van der Waals surface area (Å²) in [7, 11) is 0. The predicted molar refractivity (Wildman–Crippen MR) is 57.5 cm³/mol. The van der Waals surface area contributed by atoms with Gasteiger partial charge in [0, 0.05) is 12.8 Å². The topological polar surface area (TPSA) is 30.2 Å². The van der Waals surface area contributed by atoms with Crippen molar-refractivity contribution in [3.05, 3.63) is 59.6 Å². The van der Waals surface area contributed by atoms with Crippen LogP contribution in [0.3, 0.4) is 0 Å². The van der Waals surface area contributed by atoms with Crippen molar-refractivity contribution in [3.8, 4) is 0 Å². The van der Waals surface area contributed by atoms with Crippen LogP contribution in [0.5, 0.6) is 0 Å². The summed E-state index contributed by atoms with van der Waals surface area (Å²) in [5.74, 6) is -1.91. The van der Waals surface area contributed by atoms with E-state index in [1.807, 2.05) is 0 Å². The van der Waals surface area contributed by atoms with Gasteiger partial charge >= 0.3 is 0 Å². The summed E-state index contributed by atoms with van der Waals surface area (Å²) in [5.41, 5.74) is 1.25. The third-order valence-corrected chi connectivity index (χ3v) is 2.37. The molecule has 1 aromatic heterocycles. The minimum atomic E-state index is -0.932. The van der Waals surface area contributed by atoms with E-state index < -0.39 is 11.6 Å². The zero-order valence-electron chi connectivity index (χ0n) is 8.95. The van der Waals surface area contributed by atoms with E-state index in [-0.39, 0.29) is 18.6 Å². The number of hydrogen-bond acceptors (Lipinski definition) is 2. The number of Topliss-reactive ketones (excluding diaryl/α,β-unsaturated/α-hetero) is 1. The van der Waals surface area contributed by atoms with E-state index in [9.17, 15) is 13.6 Å². The van der Waals surface area contributed by atoms with Gasteiger partial charge in [-0.3, -0.25) is 4.79 Å². The molecule has 0 saturated carbocycles. The van der Waals surface area contributed by atoms with Gasteiger partial charge in [-0.1, -0.05) is 6.07 Å². The van der Waals surface area contributed by atoms with Crippen molar-refractivity contribution in [2.24, 2.45) is 0 Å². The Bertz CT molecular complexity index is 518. The molecular weight excluding hydrogens is 226 g/mol. The van der Waals surface area contributed by atoms with Crippen LogP contribution in [0, 0.1) is 11.6 Å². The third kappa shape index (κ3) is 3.00. The summed E-state index contributed by atoms with van der Waals surface area (Å²) in [5, 5.41) is 0. The molecule has 88 valence electrons. The molecule has 2 rings (SSSR count). The molecule has 0 spiro atoms. The Morgan fingerprint density at radius 2 is 1.82 bits per heavy atom. The summed E-state index contributed by atoms with van der Waals surface area (Å²) in [4.78, 5) is 11.6. The van der Waals surface area contributed by atoms with Crippen LogP contribution in [-0.4, -0.2) is 5.78 Å². The van der Waals surface area contributed by atoms with Crippen molar-refractivity contribution in [2.75, 3.05) is 0 Å². The Labute approximate surface area is 96.9 Å². The maximum atomic E-state index is 12.9. The maximum absolute atomic E-state index is 12.9. The summed E-state index contributed by atoms with van der Waals surface area (Å²) in [6.07, 6.45) is 3.29. The number of rotatable bonds is 4. The Balaban J connectivity index is 2.00. The van der Waals surface area contributed by atoms with Gasteiger partial charge in [0.05, 0.1) is 12.5 Å². The molecule has 0 fully saturated rings. The number of carbonyl (C=O) groups excluding carboxylic acids is 1. The molecule has 0 aliphatic rings. The zero-order chi connectivity index (χ0) is 12.3. The smallest absolute Gasteiger partial charge is 0.159 e. The second-order valence-electron chi connectivity index (χ2n) is 3.77. The molecule has 0 saturated heterocycles. The first-order chi connectivity index (χ1) is 8.15. The lowest BCUT2D eigenvalue weighted by molar-refractivity contribution is -0.117. The fourth-order valence-corrected chi connectivity index (χ4v) is 1.56. The third-order valence-electron chi connectivity index (χ3n) is 2.37. The van der Waals surface area contributed by atoms with Crippen LogP contribution < -0.4 is 0 Å². The van der Waals surface area contributed by atoms with E-state index in [0.717, 1.165) is 17.7 Å². The lowest BCUT2D eigenvalue weighted by atomic mass is 10.0. The highest BCUT2D eigenvalue weighted by atomic mass is 19.2. The lowest BCUT2D eigenvalue weighted by Crippen LogP contribution is -2.06. The fourth-order valence-electron chi connectivity index (χ4n) is 1.56. The average molecular weight is 236 g/mol. The van der Waals surface area contributed by atoms with E-state index in [4.69, 9.17) is 4.42 Å². The van der Waals surface area contributed by atoms with Gasteiger partial charge in [-0.2, -0.15) is 0 Å². The second-order valence-corrected chi connectivity index (χ2v) is 3.77. The number of carbonyl (C=O) groups is 1. The molecule has 0 radical (unpaired) electrons. The highest BCUT2D eigenvalue weighted by molar-refractivity contribution is 5.82. The van der Waals surface area contributed by atoms with Crippen LogP contribution in [0.15, 0.2) is 41.2 Å². The number of furan rings is 1. The van der Waals surface area contributed by atoms with Crippen molar-refractivity contribution in [3.63, 3.8) is 0 Å². The molecule has 0 atom stereocenters. The largest absolute Gasteiger partial charge is 0.472 e.